The van der Waals surface area contributed by atoms with Gasteiger partial charge >= 0.3 is 0 Å². The van der Waals surface area contributed by atoms with E-state index >= 15 is 0 Å². The Hall–Kier alpha value is -1.22. The van der Waals surface area contributed by atoms with E-state index in [1.807, 2.05) is 12.1 Å². The lowest BCUT2D eigenvalue weighted by Gasteiger charge is -2.05. The van der Waals surface area contributed by atoms with Crippen LogP contribution in [0.4, 0.5) is 5.95 Å². The molecule has 0 atom stereocenters. The van der Waals surface area contributed by atoms with Gasteiger partial charge in [0.1, 0.15) is 14.9 Å². The van der Waals surface area contributed by atoms with E-state index in [1.54, 1.807) is 17.5 Å². The van der Waals surface area contributed by atoms with E-state index in [9.17, 15) is 0 Å². The molecule has 0 aromatic carbocycles. The van der Waals surface area contributed by atoms with Crippen LogP contribution in [0.2, 0.25) is 0 Å². The number of fused-ring (bicyclic) bond motifs is 1. The highest BCUT2D eigenvalue weighted by Gasteiger charge is 2.14. The van der Waals surface area contributed by atoms with Gasteiger partial charge in [0.05, 0.1) is 4.47 Å². The predicted octanol–water partition coefficient (Wildman–Crippen LogP) is 3.85. The standard InChI is InChI=1S/C13H12BrN5S2/c1-2-7-6-8-10(20-7)17-13(19-15)18-11(8)21-12-9(14)4-3-5-16-12/h3-6H,2,15H2,1H3,(H,17,18,19). The van der Waals surface area contributed by atoms with Crippen molar-refractivity contribution in [2.45, 2.75) is 23.4 Å². The van der Waals surface area contributed by atoms with Crippen LogP contribution in [-0.2, 0) is 6.42 Å². The first-order valence-corrected chi connectivity index (χ1v) is 8.69. The molecule has 0 aliphatic heterocycles. The normalized spacial score (nSPS) is 11.0. The van der Waals surface area contributed by atoms with Crippen LogP contribution in [0, 0.1) is 0 Å². The third-order valence-corrected chi connectivity index (χ3v) is 5.90. The second kappa shape index (κ2) is 6.27. The fourth-order valence-electron chi connectivity index (χ4n) is 1.80. The largest absolute Gasteiger partial charge is 0.292 e. The van der Waals surface area contributed by atoms with Crippen molar-refractivity contribution in [2.75, 3.05) is 5.43 Å². The number of nitrogens with zero attached hydrogens (tertiary/aromatic N) is 3. The molecule has 0 amide bonds. The van der Waals surface area contributed by atoms with E-state index in [0.717, 1.165) is 31.2 Å². The summed E-state index contributed by atoms with van der Waals surface area (Å²) in [6.45, 7) is 2.13. The van der Waals surface area contributed by atoms with Crippen LogP contribution in [0.15, 0.2) is 38.9 Å². The molecule has 3 aromatic rings. The zero-order valence-corrected chi connectivity index (χ0v) is 14.3. The lowest BCUT2D eigenvalue weighted by atomic mass is 10.3. The Morgan fingerprint density at radius 1 is 1.38 bits per heavy atom. The summed E-state index contributed by atoms with van der Waals surface area (Å²) in [4.78, 5) is 15.5. The SMILES string of the molecule is CCc1cc2c(Sc3ncccc3Br)nc(NN)nc2s1. The molecule has 0 saturated carbocycles. The minimum atomic E-state index is 0.418. The Bertz CT molecular complexity index is 789. The molecule has 3 rings (SSSR count). The minimum absolute atomic E-state index is 0.418. The van der Waals surface area contributed by atoms with Crippen LogP contribution >= 0.6 is 39.0 Å². The number of pyridine rings is 1. The Kier molecular flexibility index (Phi) is 4.39. The third kappa shape index (κ3) is 3.03. The minimum Gasteiger partial charge on any atom is -0.292 e. The van der Waals surface area contributed by atoms with Crippen LogP contribution in [-0.4, -0.2) is 15.0 Å². The quantitative estimate of drug-likeness (QED) is 0.406. The number of thiophene rings is 1. The highest BCUT2D eigenvalue weighted by molar-refractivity contribution is 9.10. The molecular weight excluding hydrogens is 370 g/mol. The number of hydrogen-bond acceptors (Lipinski definition) is 7. The van der Waals surface area contributed by atoms with Gasteiger partial charge in [-0.3, -0.25) is 5.43 Å². The molecule has 5 nitrogen and oxygen atoms in total. The van der Waals surface area contributed by atoms with Crippen molar-refractivity contribution in [1.29, 1.82) is 0 Å². The lowest BCUT2D eigenvalue weighted by molar-refractivity contribution is 1.06. The maximum atomic E-state index is 5.47. The average molecular weight is 382 g/mol. The first-order chi connectivity index (χ1) is 10.2. The maximum absolute atomic E-state index is 5.47. The zero-order chi connectivity index (χ0) is 14.8. The van der Waals surface area contributed by atoms with Crippen LogP contribution in [0.3, 0.4) is 0 Å². The molecule has 0 aliphatic rings. The molecule has 0 saturated heterocycles. The molecule has 3 aromatic heterocycles. The summed E-state index contributed by atoms with van der Waals surface area (Å²) < 4.78 is 0.940. The monoisotopic (exact) mass is 381 g/mol. The molecular formula is C13H12BrN5S2. The van der Waals surface area contributed by atoms with E-state index < -0.39 is 0 Å². The van der Waals surface area contributed by atoms with Gasteiger partial charge in [-0.25, -0.2) is 20.8 Å². The molecule has 3 N–H and O–H groups in total. The van der Waals surface area contributed by atoms with Crippen molar-refractivity contribution in [1.82, 2.24) is 15.0 Å². The number of hydrazine groups is 1. The zero-order valence-electron chi connectivity index (χ0n) is 11.1. The van der Waals surface area contributed by atoms with Crippen molar-refractivity contribution in [3.8, 4) is 0 Å². The second-order valence-electron chi connectivity index (χ2n) is 4.17. The highest BCUT2D eigenvalue weighted by Crippen LogP contribution is 2.37. The Morgan fingerprint density at radius 3 is 2.95 bits per heavy atom. The van der Waals surface area contributed by atoms with Crippen LogP contribution < -0.4 is 11.3 Å². The van der Waals surface area contributed by atoms with E-state index in [4.69, 9.17) is 5.84 Å². The number of nitrogens with two attached hydrogens (primary N) is 1. The summed E-state index contributed by atoms with van der Waals surface area (Å²) in [5.41, 5.74) is 2.53. The fourth-order valence-corrected chi connectivity index (χ4v) is 4.19. The number of aromatic nitrogens is 3. The first kappa shape index (κ1) is 14.7. The van der Waals surface area contributed by atoms with Crippen molar-refractivity contribution in [3.63, 3.8) is 0 Å². The maximum Gasteiger partial charge on any atom is 0.239 e. The van der Waals surface area contributed by atoms with E-state index in [1.165, 1.54) is 16.6 Å². The van der Waals surface area contributed by atoms with Crippen molar-refractivity contribution >= 4 is 55.2 Å². The summed E-state index contributed by atoms with van der Waals surface area (Å²) >= 11 is 6.67. The molecule has 108 valence electrons. The van der Waals surface area contributed by atoms with Crippen LogP contribution in [0.1, 0.15) is 11.8 Å². The summed E-state index contributed by atoms with van der Waals surface area (Å²) in [7, 11) is 0. The topological polar surface area (TPSA) is 76.7 Å². The molecule has 0 radical (unpaired) electrons. The molecule has 8 heteroatoms. The number of nitrogen functional groups attached to an aromatic ring is 1. The van der Waals surface area contributed by atoms with Gasteiger partial charge in [-0.15, -0.1) is 11.3 Å². The van der Waals surface area contributed by atoms with Gasteiger partial charge in [0.25, 0.3) is 0 Å². The van der Waals surface area contributed by atoms with Gasteiger partial charge in [0.2, 0.25) is 5.95 Å². The summed E-state index contributed by atoms with van der Waals surface area (Å²) in [6.07, 6.45) is 2.74. The molecule has 0 unspecified atom stereocenters. The van der Waals surface area contributed by atoms with Crippen LogP contribution in [0.25, 0.3) is 10.2 Å². The molecule has 0 fully saturated rings. The van der Waals surface area contributed by atoms with E-state index in [2.05, 4.69) is 49.3 Å². The highest BCUT2D eigenvalue weighted by atomic mass is 79.9. The summed E-state index contributed by atoms with van der Waals surface area (Å²) in [6, 6.07) is 5.98. The molecule has 0 aliphatic carbocycles. The van der Waals surface area contributed by atoms with Gasteiger partial charge in [-0.05, 0) is 52.3 Å². The third-order valence-electron chi connectivity index (χ3n) is 2.80. The lowest BCUT2D eigenvalue weighted by Crippen LogP contribution is -2.10. The van der Waals surface area contributed by atoms with Crippen molar-refractivity contribution in [3.05, 3.63) is 33.7 Å². The van der Waals surface area contributed by atoms with Gasteiger partial charge in [0.15, 0.2) is 0 Å². The number of halogens is 1. The Labute approximate surface area is 138 Å². The smallest absolute Gasteiger partial charge is 0.239 e. The number of anilines is 1. The second-order valence-corrected chi connectivity index (χ2v) is 7.12. The number of rotatable bonds is 4. The predicted molar refractivity (Wildman–Crippen MR) is 90.7 cm³/mol. The molecule has 21 heavy (non-hydrogen) atoms. The van der Waals surface area contributed by atoms with Gasteiger partial charge in [-0.1, -0.05) is 6.92 Å². The van der Waals surface area contributed by atoms with Gasteiger partial charge in [-0.2, -0.15) is 0 Å². The van der Waals surface area contributed by atoms with Crippen LogP contribution in [0.5, 0.6) is 0 Å². The molecule has 3 heterocycles. The molecule has 0 bridgehead atoms. The first-order valence-electron chi connectivity index (χ1n) is 6.26. The number of aryl methyl sites for hydroxylation is 1. The van der Waals surface area contributed by atoms with E-state index in [-0.39, 0.29) is 0 Å². The number of nitrogens with one attached hydrogen (secondary N) is 1. The Morgan fingerprint density at radius 2 is 2.24 bits per heavy atom. The summed E-state index contributed by atoms with van der Waals surface area (Å²) in [5, 5.41) is 2.76. The van der Waals surface area contributed by atoms with E-state index in [0.29, 0.717) is 5.95 Å². The fraction of sp³-hybridized carbons (Fsp3) is 0.154. The van der Waals surface area contributed by atoms with Crippen molar-refractivity contribution in [2.24, 2.45) is 5.84 Å². The number of hydrogen-bond donors (Lipinski definition) is 2. The van der Waals surface area contributed by atoms with Gasteiger partial charge in [0, 0.05) is 16.5 Å². The van der Waals surface area contributed by atoms with Crippen molar-refractivity contribution < 1.29 is 0 Å². The Balaban J connectivity index is 2.11. The van der Waals surface area contributed by atoms with Gasteiger partial charge < -0.3 is 0 Å². The summed E-state index contributed by atoms with van der Waals surface area (Å²) in [5.74, 6) is 5.89. The molecule has 0 spiro atoms. The average Bonchev–Trinajstić information content (AvgIpc) is 2.92.